The number of oxazole rings is 1. The number of alkyl carbamates (subject to hydrolysis) is 1. The number of benzene rings is 2. The second-order valence-electron chi connectivity index (χ2n) is 7.17. The van der Waals surface area contributed by atoms with Gasteiger partial charge in [0.2, 0.25) is 5.89 Å². The van der Waals surface area contributed by atoms with Crippen molar-refractivity contribution < 1.29 is 23.5 Å². The molecule has 0 unspecified atom stereocenters. The minimum absolute atomic E-state index is 0.0248. The molecule has 0 radical (unpaired) electrons. The number of aromatic nitrogens is 1. The average molecular weight is 442 g/mol. The van der Waals surface area contributed by atoms with Crippen LogP contribution in [0.25, 0.3) is 17.5 Å². The largest absolute Gasteiger partial charge is 0.493 e. The minimum atomic E-state index is -0.759. The Balaban J connectivity index is 1.25. The molecule has 1 aliphatic heterocycles. The maximum Gasteiger partial charge on any atom is 0.419 e. The van der Waals surface area contributed by atoms with Crippen LogP contribution < -0.4 is 10.1 Å². The molecule has 1 aliphatic rings. The standard InChI is InChI=1S/C26H22N2O5/c1-18-22(27-25(32-18)20-9-5-3-6-10-20)16-17-31-21-14-12-19(13-15-21)8-4-2-7-11-23-24(29)28-26(30)33-23/h2-15H,16-17H2,1H3,(H,28,29,30). The molecule has 1 saturated heterocycles. The van der Waals surface area contributed by atoms with Crippen molar-refractivity contribution in [1.82, 2.24) is 10.3 Å². The fourth-order valence-electron chi connectivity index (χ4n) is 3.11. The number of amides is 2. The van der Waals surface area contributed by atoms with Gasteiger partial charge < -0.3 is 13.9 Å². The Morgan fingerprint density at radius 1 is 1.00 bits per heavy atom. The summed E-state index contributed by atoms with van der Waals surface area (Å²) in [5, 5.41) is 2.03. The van der Waals surface area contributed by atoms with Gasteiger partial charge in [0.25, 0.3) is 5.91 Å². The van der Waals surface area contributed by atoms with Crippen molar-refractivity contribution in [2.75, 3.05) is 6.61 Å². The SMILES string of the molecule is Cc1oc(-c2ccccc2)nc1CCOc1ccc(C=CC=CC=C2OC(=O)NC2=O)cc1. The molecule has 0 saturated carbocycles. The van der Waals surface area contributed by atoms with E-state index >= 15 is 0 Å². The van der Waals surface area contributed by atoms with Crippen LogP contribution in [0.3, 0.4) is 0 Å². The second kappa shape index (κ2) is 10.3. The number of cyclic esters (lactones) is 1. The Hall–Kier alpha value is -4.39. The number of aryl methyl sites for hydroxylation is 1. The third kappa shape index (κ3) is 5.86. The van der Waals surface area contributed by atoms with Crippen LogP contribution in [0.4, 0.5) is 4.79 Å². The van der Waals surface area contributed by atoms with E-state index in [2.05, 4.69) is 4.98 Å². The number of imide groups is 1. The normalized spacial score (nSPS) is 14.9. The lowest BCUT2D eigenvalue weighted by atomic mass is 10.2. The van der Waals surface area contributed by atoms with Crippen LogP contribution in [0.2, 0.25) is 0 Å². The van der Waals surface area contributed by atoms with Gasteiger partial charge in [-0.3, -0.25) is 10.1 Å². The fourth-order valence-corrected chi connectivity index (χ4v) is 3.11. The first-order chi connectivity index (χ1) is 16.1. The Bertz CT molecular complexity index is 1220. The van der Waals surface area contributed by atoms with Crippen molar-refractivity contribution in [2.45, 2.75) is 13.3 Å². The summed E-state index contributed by atoms with van der Waals surface area (Å²) in [5.41, 5.74) is 2.83. The quantitative estimate of drug-likeness (QED) is 0.390. The van der Waals surface area contributed by atoms with Gasteiger partial charge in [0.05, 0.1) is 12.3 Å². The molecule has 7 heteroatoms. The number of carbonyl (C=O) groups is 2. The van der Waals surface area contributed by atoms with Gasteiger partial charge in [-0.25, -0.2) is 9.78 Å². The Morgan fingerprint density at radius 2 is 1.79 bits per heavy atom. The smallest absolute Gasteiger partial charge is 0.419 e. The molecule has 3 aromatic rings. The Kier molecular flexibility index (Phi) is 6.80. The number of nitrogens with zero attached hydrogens (tertiary/aromatic N) is 1. The Labute approximate surface area is 191 Å². The van der Waals surface area contributed by atoms with E-state index in [9.17, 15) is 9.59 Å². The highest BCUT2D eigenvalue weighted by Crippen LogP contribution is 2.22. The number of allylic oxidation sites excluding steroid dienone is 4. The summed E-state index contributed by atoms with van der Waals surface area (Å²) in [5.74, 6) is 1.62. The molecular formula is C26H22N2O5. The predicted octanol–water partition coefficient (Wildman–Crippen LogP) is 4.99. The average Bonchev–Trinajstić information content (AvgIpc) is 3.35. The van der Waals surface area contributed by atoms with E-state index in [-0.39, 0.29) is 5.76 Å². The van der Waals surface area contributed by atoms with E-state index in [1.54, 1.807) is 12.2 Å². The lowest BCUT2D eigenvalue weighted by molar-refractivity contribution is -0.116. The number of carbonyl (C=O) groups excluding carboxylic acids is 2. The molecule has 1 N–H and O–H groups in total. The predicted molar refractivity (Wildman–Crippen MR) is 123 cm³/mol. The van der Waals surface area contributed by atoms with Crippen molar-refractivity contribution >= 4 is 18.1 Å². The van der Waals surface area contributed by atoms with E-state index in [4.69, 9.17) is 13.9 Å². The number of hydrogen-bond acceptors (Lipinski definition) is 6. The first kappa shape index (κ1) is 21.8. The van der Waals surface area contributed by atoms with Crippen molar-refractivity contribution in [3.05, 3.63) is 102 Å². The number of rotatable bonds is 8. The molecule has 1 fully saturated rings. The van der Waals surface area contributed by atoms with Crippen LogP contribution in [0, 0.1) is 6.92 Å². The van der Waals surface area contributed by atoms with E-state index in [1.165, 1.54) is 6.08 Å². The molecule has 2 aromatic carbocycles. The minimum Gasteiger partial charge on any atom is -0.493 e. The summed E-state index contributed by atoms with van der Waals surface area (Å²) in [6.07, 6.45) is 8.41. The van der Waals surface area contributed by atoms with Gasteiger partial charge in [-0.15, -0.1) is 0 Å². The van der Waals surface area contributed by atoms with Crippen LogP contribution >= 0.6 is 0 Å². The lowest BCUT2D eigenvalue weighted by Crippen LogP contribution is -2.18. The zero-order chi connectivity index (χ0) is 23.0. The summed E-state index contributed by atoms with van der Waals surface area (Å²) < 4.78 is 16.3. The van der Waals surface area contributed by atoms with Crippen molar-refractivity contribution in [1.29, 1.82) is 0 Å². The molecule has 2 amide bonds. The molecule has 0 bridgehead atoms. The number of nitrogens with one attached hydrogen (secondary N) is 1. The highest BCUT2D eigenvalue weighted by Gasteiger charge is 2.25. The topological polar surface area (TPSA) is 90.7 Å². The van der Waals surface area contributed by atoms with Crippen LogP contribution in [0.15, 0.2) is 89.1 Å². The number of ether oxygens (including phenoxy) is 2. The molecule has 0 spiro atoms. The third-order valence-electron chi connectivity index (χ3n) is 4.80. The monoisotopic (exact) mass is 442 g/mol. The van der Waals surface area contributed by atoms with E-state index in [0.717, 1.165) is 28.3 Å². The van der Waals surface area contributed by atoms with Crippen LogP contribution in [0.5, 0.6) is 5.75 Å². The van der Waals surface area contributed by atoms with Crippen LogP contribution in [0.1, 0.15) is 17.0 Å². The van der Waals surface area contributed by atoms with Crippen molar-refractivity contribution in [3.63, 3.8) is 0 Å². The molecule has 4 rings (SSSR count). The second-order valence-corrected chi connectivity index (χ2v) is 7.17. The molecule has 2 heterocycles. The Morgan fingerprint density at radius 3 is 2.52 bits per heavy atom. The zero-order valence-electron chi connectivity index (χ0n) is 18.0. The van der Waals surface area contributed by atoms with Crippen LogP contribution in [-0.4, -0.2) is 23.6 Å². The highest BCUT2D eigenvalue weighted by molar-refractivity contribution is 6.07. The van der Waals surface area contributed by atoms with E-state index < -0.39 is 12.0 Å². The fraction of sp³-hybridized carbons (Fsp3) is 0.115. The molecular weight excluding hydrogens is 420 g/mol. The van der Waals surface area contributed by atoms with Crippen LogP contribution in [-0.2, 0) is 16.0 Å². The number of hydrogen-bond donors (Lipinski definition) is 1. The highest BCUT2D eigenvalue weighted by atomic mass is 16.6. The zero-order valence-corrected chi connectivity index (χ0v) is 18.0. The maximum absolute atomic E-state index is 11.3. The maximum atomic E-state index is 11.3. The summed E-state index contributed by atoms with van der Waals surface area (Å²) in [6.45, 7) is 2.40. The molecule has 7 nitrogen and oxygen atoms in total. The van der Waals surface area contributed by atoms with Gasteiger partial charge in [-0.1, -0.05) is 54.6 Å². The van der Waals surface area contributed by atoms with Gasteiger partial charge in [0, 0.05) is 12.0 Å². The molecule has 33 heavy (non-hydrogen) atoms. The van der Waals surface area contributed by atoms with Gasteiger partial charge in [0.15, 0.2) is 5.76 Å². The van der Waals surface area contributed by atoms with Crippen molar-refractivity contribution in [3.8, 4) is 17.2 Å². The first-order valence-corrected chi connectivity index (χ1v) is 10.4. The lowest BCUT2D eigenvalue weighted by Gasteiger charge is -2.05. The molecule has 0 aliphatic carbocycles. The van der Waals surface area contributed by atoms with E-state index in [1.807, 2.05) is 79.0 Å². The first-order valence-electron chi connectivity index (χ1n) is 10.4. The van der Waals surface area contributed by atoms with E-state index in [0.29, 0.717) is 18.9 Å². The summed E-state index contributed by atoms with van der Waals surface area (Å²) in [6, 6.07) is 17.5. The van der Waals surface area contributed by atoms with Crippen molar-refractivity contribution in [2.24, 2.45) is 0 Å². The van der Waals surface area contributed by atoms with Gasteiger partial charge in [-0.05, 0) is 42.8 Å². The molecule has 1 aromatic heterocycles. The molecule has 166 valence electrons. The summed E-state index contributed by atoms with van der Waals surface area (Å²) in [4.78, 5) is 26.9. The third-order valence-corrected chi connectivity index (χ3v) is 4.80. The van der Waals surface area contributed by atoms with Gasteiger partial charge in [0.1, 0.15) is 11.5 Å². The summed E-state index contributed by atoms with van der Waals surface area (Å²) >= 11 is 0. The molecule has 0 atom stereocenters. The van der Waals surface area contributed by atoms with Gasteiger partial charge in [-0.2, -0.15) is 0 Å². The van der Waals surface area contributed by atoms with Gasteiger partial charge >= 0.3 is 6.09 Å². The summed E-state index contributed by atoms with van der Waals surface area (Å²) in [7, 11) is 0.